The molecule has 5 nitrogen and oxygen atoms in total. The maximum absolute atomic E-state index is 11.8. The lowest BCUT2D eigenvalue weighted by atomic mass is 10.2. The zero-order valence-electron chi connectivity index (χ0n) is 10.9. The van der Waals surface area contributed by atoms with Gasteiger partial charge in [0.2, 0.25) is 0 Å². The first-order valence-electron chi connectivity index (χ1n) is 5.71. The first-order chi connectivity index (χ1) is 8.99. The van der Waals surface area contributed by atoms with Gasteiger partial charge < -0.3 is 4.42 Å². The summed E-state index contributed by atoms with van der Waals surface area (Å²) in [6.45, 7) is 5.57. The Hall–Kier alpha value is -2.08. The highest BCUT2D eigenvalue weighted by molar-refractivity contribution is 7.14. The predicted octanol–water partition coefficient (Wildman–Crippen LogP) is 2.34. The number of nitrogens with one attached hydrogen (secondary N) is 2. The molecule has 0 bridgehead atoms. The van der Waals surface area contributed by atoms with Gasteiger partial charge in [-0.1, -0.05) is 0 Å². The minimum atomic E-state index is -0.399. The van der Waals surface area contributed by atoms with E-state index in [1.165, 1.54) is 17.6 Å². The van der Waals surface area contributed by atoms with E-state index < -0.39 is 5.91 Å². The van der Waals surface area contributed by atoms with Crippen LogP contribution in [0.2, 0.25) is 0 Å². The molecule has 6 heteroatoms. The van der Waals surface area contributed by atoms with Crippen LogP contribution in [0.3, 0.4) is 0 Å². The number of hydrazine groups is 1. The zero-order chi connectivity index (χ0) is 14.0. The molecule has 0 aliphatic carbocycles. The van der Waals surface area contributed by atoms with E-state index in [-0.39, 0.29) is 5.91 Å². The van der Waals surface area contributed by atoms with Gasteiger partial charge in [-0.3, -0.25) is 20.4 Å². The van der Waals surface area contributed by atoms with Crippen molar-refractivity contribution in [1.29, 1.82) is 0 Å². The van der Waals surface area contributed by atoms with Crippen molar-refractivity contribution in [2.75, 3.05) is 0 Å². The SMILES string of the molecule is Cc1cc(C(=O)NNC(=O)c2ccoc2C)sc1C. The van der Waals surface area contributed by atoms with E-state index in [0.29, 0.717) is 16.2 Å². The molecule has 2 aromatic rings. The quantitative estimate of drug-likeness (QED) is 0.828. The summed E-state index contributed by atoms with van der Waals surface area (Å²) in [7, 11) is 0. The molecule has 2 rings (SSSR count). The van der Waals surface area contributed by atoms with Crippen LogP contribution < -0.4 is 10.9 Å². The van der Waals surface area contributed by atoms with E-state index in [9.17, 15) is 9.59 Å². The molecule has 0 saturated carbocycles. The fraction of sp³-hybridized carbons (Fsp3) is 0.231. The number of amides is 2. The van der Waals surface area contributed by atoms with Crippen molar-refractivity contribution in [3.05, 3.63) is 45.0 Å². The van der Waals surface area contributed by atoms with Gasteiger partial charge in [0.25, 0.3) is 11.8 Å². The van der Waals surface area contributed by atoms with Gasteiger partial charge in [-0.15, -0.1) is 11.3 Å². The van der Waals surface area contributed by atoms with E-state index in [4.69, 9.17) is 4.42 Å². The molecule has 19 heavy (non-hydrogen) atoms. The van der Waals surface area contributed by atoms with E-state index in [0.717, 1.165) is 10.4 Å². The van der Waals surface area contributed by atoms with Crippen LogP contribution in [0.5, 0.6) is 0 Å². The van der Waals surface area contributed by atoms with E-state index >= 15 is 0 Å². The van der Waals surface area contributed by atoms with Gasteiger partial charge in [-0.05, 0) is 38.5 Å². The lowest BCUT2D eigenvalue weighted by Crippen LogP contribution is -2.41. The Kier molecular flexibility index (Phi) is 3.71. The summed E-state index contributed by atoms with van der Waals surface area (Å²) in [6, 6.07) is 3.35. The lowest BCUT2D eigenvalue weighted by Gasteiger charge is -2.05. The Morgan fingerprint density at radius 2 is 1.84 bits per heavy atom. The van der Waals surface area contributed by atoms with E-state index in [1.54, 1.807) is 19.1 Å². The van der Waals surface area contributed by atoms with Crippen LogP contribution >= 0.6 is 11.3 Å². The summed E-state index contributed by atoms with van der Waals surface area (Å²) in [5.41, 5.74) is 6.21. The highest BCUT2D eigenvalue weighted by atomic mass is 32.1. The average Bonchev–Trinajstić information content (AvgIpc) is 2.93. The number of carbonyl (C=O) groups excluding carboxylic acids is 2. The topological polar surface area (TPSA) is 71.3 Å². The molecule has 2 N–H and O–H groups in total. The normalized spacial score (nSPS) is 10.3. The van der Waals surface area contributed by atoms with Crippen molar-refractivity contribution in [2.24, 2.45) is 0 Å². The Labute approximate surface area is 114 Å². The third-order valence-electron chi connectivity index (χ3n) is 2.78. The van der Waals surface area contributed by atoms with Gasteiger partial charge in [0.05, 0.1) is 16.7 Å². The minimum absolute atomic E-state index is 0.323. The second-order valence-corrected chi connectivity index (χ2v) is 5.40. The molecule has 0 spiro atoms. The van der Waals surface area contributed by atoms with Gasteiger partial charge in [-0.2, -0.15) is 0 Å². The van der Waals surface area contributed by atoms with Crippen LogP contribution in [0.25, 0.3) is 0 Å². The van der Waals surface area contributed by atoms with Gasteiger partial charge in [-0.25, -0.2) is 0 Å². The fourth-order valence-corrected chi connectivity index (χ4v) is 2.48. The molecule has 2 aromatic heterocycles. The summed E-state index contributed by atoms with van der Waals surface area (Å²) >= 11 is 1.39. The van der Waals surface area contributed by atoms with E-state index in [2.05, 4.69) is 10.9 Å². The van der Waals surface area contributed by atoms with Crippen LogP contribution in [0.4, 0.5) is 0 Å². The van der Waals surface area contributed by atoms with Crippen molar-refractivity contribution in [3.8, 4) is 0 Å². The Morgan fingerprint density at radius 1 is 1.16 bits per heavy atom. The molecule has 0 unspecified atom stereocenters. The van der Waals surface area contributed by atoms with Crippen molar-refractivity contribution < 1.29 is 14.0 Å². The zero-order valence-corrected chi connectivity index (χ0v) is 11.7. The van der Waals surface area contributed by atoms with Crippen molar-refractivity contribution in [2.45, 2.75) is 20.8 Å². The number of hydrogen-bond donors (Lipinski definition) is 2. The van der Waals surface area contributed by atoms with Crippen molar-refractivity contribution in [3.63, 3.8) is 0 Å². The highest BCUT2D eigenvalue weighted by Gasteiger charge is 2.14. The largest absolute Gasteiger partial charge is 0.469 e. The van der Waals surface area contributed by atoms with Gasteiger partial charge in [0.15, 0.2) is 0 Å². The van der Waals surface area contributed by atoms with E-state index in [1.807, 2.05) is 13.8 Å². The molecule has 100 valence electrons. The molecular formula is C13H14N2O3S. The maximum Gasteiger partial charge on any atom is 0.279 e. The molecule has 2 heterocycles. The number of thiophene rings is 1. The third kappa shape index (κ3) is 2.85. The van der Waals surface area contributed by atoms with Gasteiger partial charge in [0.1, 0.15) is 5.76 Å². The van der Waals surface area contributed by atoms with Crippen molar-refractivity contribution >= 4 is 23.2 Å². The summed E-state index contributed by atoms with van der Waals surface area (Å²) in [5, 5.41) is 0. The standard InChI is InChI=1S/C13H14N2O3S/c1-7-6-11(19-9(7)3)13(17)15-14-12(16)10-4-5-18-8(10)2/h4-6H,1-3H3,(H,14,16)(H,15,17). The first-order valence-corrected chi connectivity index (χ1v) is 6.52. The number of furan rings is 1. The number of hydrogen-bond acceptors (Lipinski definition) is 4. The number of rotatable bonds is 2. The molecular weight excluding hydrogens is 264 g/mol. The second kappa shape index (κ2) is 5.27. The summed E-state index contributed by atoms with van der Waals surface area (Å²) < 4.78 is 5.02. The first kappa shape index (κ1) is 13.4. The molecule has 0 aliphatic rings. The Morgan fingerprint density at radius 3 is 2.37 bits per heavy atom. The highest BCUT2D eigenvalue weighted by Crippen LogP contribution is 2.20. The van der Waals surface area contributed by atoms with Crippen LogP contribution in [0.1, 0.15) is 36.2 Å². The van der Waals surface area contributed by atoms with Gasteiger partial charge in [0, 0.05) is 4.88 Å². The molecule has 0 atom stereocenters. The molecule has 0 radical (unpaired) electrons. The van der Waals surface area contributed by atoms with Crippen LogP contribution in [0, 0.1) is 20.8 Å². The number of carbonyl (C=O) groups is 2. The summed E-state index contributed by atoms with van der Waals surface area (Å²) in [5.74, 6) is -0.213. The van der Waals surface area contributed by atoms with Gasteiger partial charge >= 0.3 is 0 Å². The predicted molar refractivity (Wildman–Crippen MR) is 72.2 cm³/mol. The molecule has 0 aromatic carbocycles. The lowest BCUT2D eigenvalue weighted by molar-refractivity contribution is 0.0848. The molecule has 0 saturated heterocycles. The second-order valence-electron chi connectivity index (χ2n) is 4.15. The van der Waals surface area contributed by atoms with Crippen LogP contribution in [0.15, 0.2) is 22.8 Å². The summed E-state index contributed by atoms with van der Waals surface area (Å²) in [4.78, 5) is 25.2. The Balaban J connectivity index is 1.98. The van der Waals surface area contributed by atoms with Crippen LogP contribution in [-0.2, 0) is 0 Å². The number of aryl methyl sites for hydroxylation is 3. The molecule has 0 aliphatic heterocycles. The molecule has 0 fully saturated rings. The Bertz CT molecular complexity index is 608. The summed E-state index contributed by atoms with van der Waals surface area (Å²) in [6.07, 6.45) is 1.43. The smallest absolute Gasteiger partial charge is 0.279 e. The molecule has 2 amide bonds. The van der Waals surface area contributed by atoms with Crippen LogP contribution in [-0.4, -0.2) is 11.8 Å². The average molecular weight is 278 g/mol. The monoisotopic (exact) mass is 278 g/mol. The van der Waals surface area contributed by atoms with Crippen molar-refractivity contribution in [1.82, 2.24) is 10.9 Å². The fourth-order valence-electron chi connectivity index (χ4n) is 1.55. The maximum atomic E-state index is 11.8. The third-order valence-corrected chi connectivity index (χ3v) is 3.93. The minimum Gasteiger partial charge on any atom is -0.469 e.